The number of nitrogens with zero attached hydrogens (tertiary/aromatic N) is 1. The van der Waals surface area contributed by atoms with Gasteiger partial charge in [-0.05, 0) is 22.0 Å². The third-order valence-electron chi connectivity index (χ3n) is 2.68. The quantitative estimate of drug-likeness (QED) is 0.794. The van der Waals surface area contributed by atoms with E-state index < -0.39 is 6.10 Å². The summed E-state index contributed by atoms with van der Waals surface area (Å²) in [7, 11) is 0. The number of hydrogen-bond acceptors (Lipinski definition) is 4. The molecule has 6 heteroatoms. The van der Waals surface area contributed by atoms with Crippen LogP contribution in [0.3, 0.4) is 0 Å². The molecule has 0 aromatic carbocycles. The minimum atomic E-state index is -0.548. The van der Waals surface area contributed by atoms with E-state index in [1.807, 2.05) is 6.07 Å². The van der Waals surface area contributed by atoms with Gasteiger partial charge >= 0.3 is 0 Å². The molecule has 2 aromatic heterocycles. The third-order valence-corrected chi connectivity index (χ3v) is 6.13. The van der Waals surface area contributed by atoms with Crippen LogP contribution in [0.4, 0.5) is 0 Å². The van der Waals surface area contributed by atoms with Crippen molar-refractivity contribution in [1.29, 1.82) is 0 Å². The first-order valence-corrected chi connectivity index (χ1v) is 8.72. The summed E-state index contributed by atoms with van der Waals surface area (Å²) in [6.07, 6.45) is -0.0166. The lowest BCUT2D eigenvalue weighted by atomic mass is 9.93. The molecule has 104 valence electrons. The van der Waals surface area contributed by atoms with Gasteiger partial charge in [-0.1, -0.05) is 32.4 Å². The Morgan fingerprint density at radius 3 is 2.63 bits per heavy atom. The van der Waals surface area contributed by atoms with Crippen LogP contribution >= 0.6 is 50.2 Å². The summed E-state index contributed by atoms with van der Waals surface area (Å²) in [4.78, 5) is 5.46. The molecule has 0 radical (unpaired) electrons. The second-order valence-corrected chi connectivity index (χ2v) is 8.85. The van der Waals surface area contributed by atoms with Gasteiger partial charge in [-0.2, -0.15) is 0 Å². The first-order valence-electron chi connectivity index (χ1n) is 5.85. The van der Waals surface area contributed by atoms with Gasteiger partial charge < -0.3 is 5.11 Å². The van der Waals surface area contributed by atoms with Crippen molar-refractivity contribution in [2.45, 2.75) is 38.7 Å². The predicted molar refractivity (Wildman–Crippen MR) is 86.5 cm³/mol. The van der Waals surface area contributed by atoms with Gasteiger partial charge in [0.15, 0.2) is 0 Å². The van der Waals surface area contributed by atoms with Crippen LogP contribution < -0.4 is 0 Å². The number of hydrogen-bond donors (Lipinski definition) is 1. The lowest BCUT2D eigenvalue weighted by molar-refractivity contribution is 0.182. The molecule has 0 bridgehead atoms. The fraction of sp³-hybridized carbons (Fsp3) is 0.462. The van der Waals surface area contributed by atoms with Gasteiger partial charge in [0.2, 0.25) is 0 Å². The van der Waals surface area contributed by atoms with Crippen molar-refractivity contribution < 1.29 is 5.11 Å². The monoisotopic (exact) mass is 379 g/mol. The summed E-state index contributed by atoms with van der Waals surface area (Å²) in [5.74, 6) is 0. The highest BCUT2D eigenvalue weighted by molar-refractivity contribution is 9.10. The van der Waals surface area contributed by atoms with Crippen LogP contribution in [0.1, 0.15) is 42.5 Å². The molecule has 0 saturated heterocycles. The maximum Gasteiger partial charge on any atom is 0.107 e. The normalized spacial score (nSPS) is 13.8. The fourth-order valence-electron chi connectivity index (χ4n) is 1.54. The number of aliphatic hydroxyl groups excluding tert-OH is 1. The zero-order valence-electron chi connectivity index (χ0n) is 10.9. The molecule has 1 unspecified atom stereocenters. The van der Waals surface area contributed by atoms with Gasteiger partial charge in [-0.3, -0.25) is 0 Å². The number of thiazole rings is 1. The molecule has 0 aliphatic heterocycles. The minimum absolute atomic E-state index is 0.0506. The highest BCUT2D eigenvalue weighted by Gasteiger charge is 2.20. The van der Waals surface area contributed by atoms with E-state index in [0.717, 1.165) is 20.1 Å². The van der Waals surface area contributed by atoms with Crippen molar-refractivity contribution in [3.8, 4) is 0 Å². The summed E-state index contributed by atoms with van der Waals surface area (Å²) in [5, 5.41) is 13.2. The molecule has 0 spiro atoms. The highest BCUT2D eigenvalue weighted by Crippen LogP contribution is 2.36. The second-order valence-electron chi connectivity index (χ2n) is 5.37. The Balaban J connectivity index is 2.11. The van der Waals surface area contributed by atoms with Crippen molar-refractivity contribution in [2.24, 2.45) is 0 Å². The number of halogens is 2. The second kappa shape index (κ2) is 5.82. The van der Waals surface area contributed by atoms with Gasteiger partial charge in [0.1, 0.15) is 4.34 Å². The molecule has 0 aliphatic carbocycles. The van der Waals surface area contributed by atoms with Crippen molar-refractivity contribution in [1.82, 2.24) is 4.98 Å². The van der Waals surface area contributed by atoms with Crippen LogP contribution in [0.25, 0.3) is 0 Å². The average Bonchev–Trinajstić information content (AvgIpc) is 2.86. The smallest absolute Gasteiger partial charge is 0.107 e. The van der Waals surface area contributed by atoms with Gasteiger partial charge in [0.05, 0.1) is 16.8 Å². The predicted octanol–water partition coefficient (Wildman–Crippen LogP) is 5.19. The molecule has 0 amide bonds. The minimum Gasteiger partial charge on any atom is -0.387 e. The van der Waals surface area contributed by atoms with E-state index in [1.54, 1.807) is 11.3 Å². The third kappa shape index (κ3) is 3.79. The Hall–Kier alpha value is 0.0600. The first kappa shape index (κ1) is 15.4. The van der Waals surface area contributed by atoms with E-state index in [4.69, 9.17) is 11.6 Å². The van der Waals surface area contributed by atoms with Crippen molar-refractivity contribution >= 4 is 50.2 Å². The van der Waals surface area contributed by atoms with E-state index in [1.165, 1.54) is 11.3 Å². The van der Waals surface area contributed by atoms with Gasteiger partial charge in [-0.15, -0.1) is 22.7 Å². The van der Waals surface area contributed by atoms with Crippen LogP contribution in [0.2, 0.25) is 4.34 Å². The average molecular weight is 381 g/mol. The lowest BCUT2D eigenvalue weighted by Gasteiger charge is -2.14. The van der Waals surface area contributed by atoms with Crippen LogP contribution in [0.5, 0.6) is 0 Å². The number of aliphatic hydroxyl groups is 1. The maximum absolute atomic E-state index is 10.2. The molecular weight excluding hydrogens is 366 g/mol. The number of thiophene rings is 1. The summed E-state index contributed by atoms with van der Waals surface area (Å²) in [6, 6.07) is 1.87. The van der Waals surface area contributed by atoms with Crippen molar-refractivity contribution in [3.05, 3.63) is 35.8 Å². The molecule has 2 nitrogen and oxygen atoms in total. The SMILES string of the molecule is CC(C)(C)c1csc(CC(O)c2cc(Br)c(Cl)s2)n1. The molecule has 2 rings (SSSR count). The molecule has 19 heavy (non-hydrogen) atoms. The Morgan fingerprint density at radius 2 is 2.16 bits per heavy atom. The van der Waals surface area contributed by atoms with E-state index in [-0.39, 0.29) is 5.41 Å². The maximum atomic E-state index is 10.2. The molecule has 0 aliphatic rings. The van der Waals surface area contributed by atoms with Crippen LogP contribution in [0, 0.1) is 0 Å². The van der Waals surface area contributed by atoms with E-state index >= 15 is 0 Å². The Bertz CT molecular complexity index is 554. The summed E-state index contributed by atoms with van der Waals surface area (Å²) in [5.41, 5.74) is 1.12. The topological polar surface area (TPSA) is 33.1 Å². The fourth-order valence-corrected chi connectivity index (χ4v) is 4.32. The molecule has 0 fully saturated rings. The standard InChI is InChI=1S/C13H15BrClNOS2/c1-13(2,3)10-6-18-11(16-10)5-8(17)9-4-7(14)12(15)19-9/h4,6,8,17H,5H2,1-3H3. The Morgan fingerprint density at radius 1 is 1.47 bits per heavy atom. The Kier molecular flexibility index (Phi) is 4.73. The van der Waals surface area contributed by atoms with Gasteiger partial charge in [0, 0.05) is 26.6 Å². The molecule has 2 heterocycles. The summed E-state index contributed by atoms with van der Waals surface area (Å²) >= 11 is 12.3. The zero-order chi connectivity index (χ0) is 14.2. The van der Waals surface area contributed by atoms with Gasteiger partial charge in [0.25, 0.3) is 0 Å². The molecule has 2 aromatic rings. The van der Waals surface area contributed by atoms with Crippen molar-refractivity contribution in [2.75, 3.05) is 0 Å². The van der Waals surface area contributed by atoms with E-state index in [0.29, 0.717) is 10.8 Å². The molecular formula is C13H15BrClNOS2. The van der Waals surface area contributed by atoms with Gasteiger partial charge in [-0.25, -0.2) is 4.98 Å². The summed E-state index contributed by atoms with van der Waals surface area (Å²) in [6.45, 7) is 6.41. The zero-order valence-corrected chi connectivity index (χ0v) is 14.9. The number of rotatable bonds is 3. The van der Waals surface area contributed by atoms with E-state index in [2.05, 4.69) is 47.1 Å². The van der Waals surface area contributed by atoms with Crippen LogP contribution in [-0.2, 0) is 11.8 Å². The summed E-state index contributed by atoms with van der Waals surface area (Å²) < 4.78 is 1.51. The highest BCUT2D eigenvalue weighted by atomic mass is 79.9. The van der Waals surface area contributed by atoms with Crippen LogP contribution in [0.15, 0.2) is 15.9 Å². The molecule has 0 saturated carbocycles. The largest absolute Gasteiger partial charge is 0.387 e. The molecule has 1 N–H and O–H groups in total. The number of aromatic nitrogens is 1. The van der Waals surface area contributed by atoms with E-state index in [9.17, 15) is 5.11 Å². The Labute approximate surface area is 134 Å². The lowest BCUT2D eigenvalue weighted by Crippen LogP contribution is -2.11. The first-order chi connectivity index (χ1) is 8.77. The molecule has 1 atom stereocenters. The van der Waals surface area contributed by atoms with Crippen LogP contribution in [-0.4, -0.2) is 10.1 Å². The van der Waals surface area contributed by atoms with Crippen molar-refractivity contribution in [3.63, 3.8) is 0 Å².